The summed E-state index contributed by atoms with van der Waals surface area (Å²) in [6.45, 7) is 1.86. The number of rotatable bonds is 3. The zero-order valence-corrected chi connectivity index (χ0v) is 13.1. The van der Waals surface area contributed by atoms with Gasteiger partial charge in [-0.05, 0) is 36.3 Å². The van der Waals surface area contributed by atoms with Crippen molar-refractivity contribution in [3.8, 4) is 0 Å². The van der Waals surface area contributed by atoms with Crippen molar-refractivity contribution < 1.29 is 9.72 Å². The largest absolute Gasteiger partial charge is 0.321 e. The summed E-state index contributed by atoms with van der Waals surface area (Å²) in [5.74, 6) is -0.246. The molecule has 0 unspecified atom stereocenters. The molecule has 0 saturated carbocycles. The number of carbonyl (C=O) groups excluding carboxylic acids is 1. The van der Waals surface area contributed by atoms with Crippen LogP contribution in [-0.4, -0.2) is 10.8 Å². The molecule has 1 heterocycles. The van der Waals surface area contributed by atoms with Gasteiger partial charge in [0.15, 0.2) is 0 Å². The summed E-state index contributed by atoms with van der Waals surface area (Å²) in [6, 6.07) is 10.1. The zero-order valence-electron chi connectivity index (χ0n) is 12.3. The second-order valence-corrected chi connectivity index (χ2v) is 5.64. The molecule has 0 fully saturated rings. The lowest BCUT2D eigenvalue weighted by atomic mass is 10.0. The van der Waals surface area contributed by atoms with Gasteiger partial charge in [-0.3, -0.25) is 14.9 Å². The topological polar surface area (TPSA) is 72.2 Å². The van der Waals surface area contributed by atoms with Crippen LogP contribution in [0.3, 0.4) is 0 Å². The van der Waals surface area contributed by atoms with Crippen LogP contribution >= 0.6 is 11.6 Å². The second kappa shape index (κ2) is 5.85. The van der Waals surface area contributed by atoms with Gasteiger partial charge in [-0.2, -0.15) is 0 Å². The Balaban J connectivity index is 2.09. The number of nitro benzene ring substituents is 1. The molecule has 23 heavy (non-hydrogen) atoms. The molecule has 0 aliphatic carbocycles. The minimum Gasteiger partial charge on any atom is -0.321 e. The minimum absolute atomic E-state index is 0.0616. The highest BCUT2D eigenvalue weighted by atomic mass is 35.5. The Morgan fingerprint density at radius 1 is 1.26 bits per heavy atom. The van der Waals surface area contributed by atoms with Crippen LogP contribution in [0.1, 0.15) is 23.6 Å². The van der Waals surface area contributed by atoms with Crippen molar-refractivity contribution >= 4 is 40.5 Å². The van der Waals surface area contributed by atoms with E-state index < -0.39 is 4.92 Å². The number of halogens is 1. The Kier molecular flexibility index (Phi) is 3.88. The van der Waals surface area contributed by atoms with Crippen LogP contribution in [0, 0.1) is 10.1 Å². The molecule has 0 saturated heterocycles. The van der Waals surface area contributed by atoms with E-state index in [-0.39, 0.29) is 11.6 Å². The third kappa shape index (κ3) is 2.83. The Morgan fingerprint density at radius 2 is 2.04 bits per heavy atom. The summed E-state index contributed by atoms with van der Waals surface area (Å²) < 4.78 is 0. The molecule has 0 radical (unpaired) electrons. The van der Waals surface area contributed by atoms with E-state index in [1.54, 1.807) is 36.4 Å². The molecule has 116 valence electrons. The van der Waals surface area contributed by atoms with Gasteiger partial charge >= 0.3 is 0 Å². The van der Waals surface area contributed by atoms with E-state index in [0.717, 1.165) is 0 Å². The van der Waals surface area contributed by atoms with Crippen LogP contribution in [0.15, 0.2) is 36.4 Å². The predicted octanol–water partition coefficient (Wildman–Crippen LogP) is 4.30. The van der Waals surface area contributed by atoms with Crippen LogP contribution in [0.25, 0.3) is 11.6 Å². The van der Waals surface area contributed by atoms with Gasteiger partial charge in [-0.25, -0.2) is 0 Å². The smallest absolute Gasteiger partial charge is 0.273 e. The molecule has 2 aromatic carbocycles. The summed E-state index contributed by atoms with van der Waals surface area (Å²) in [5, 5.41) is 14.4. The fraction of sp³-hybridized carbons (Fsp3) is 0.118. The zero-order chi connectivity index (χ0) is 16.6. The molecular formula is C17H13ClN2O3. The predicted molar refractivity (Wildman–Crippen MR) is 90.4 cm³/mol. The Labute approximate surface area is 137 Å². The van der Waals surface area contributed by atoms with Crippen molar-refractivity contribution in [3.05, 3.63) is 68.2 Å². The van der Waals surface area contributed by atoms with E-state index in [1.165, 1.54) is 6.07 Å². The van der Waals surface area contributed by atoms with Gasteiger partial charge in [0.1, 0.15) is 0 Å². The van der Waals surface area contributed by atoms with E-state index in [1.807, 2.05) is 6.92 Å². The molecule has 1 N–H and O–H groups in total. The fourth-order valence-corrected chi connectivity index (χ4v) is 2.78. The lowest BCUT2D eigenvalue weighted by Crippen LogP contribution is -2.03. The normalized spacial score (nSPS) is 14.7. The molecule has 0 spiro atoms. The maximum absolute atomic E-state index is 12.1. The summed E-state index contributed by atoms with van der Waals surface area (Å²) in [4.78, 5) is 22.9. The molecule has 5 nitrogen and oxygen atoms in total. The lowest BCUT2D eigenvalue weighted by Gasteiger charge is -2.03. The van der Waals surface area contributed by atoms with E-state index >= 15 is 0 Å². The first kappa shape index (κ1) is 15.2. The molecule has 6 heteroatoms. The van der Waals surface area contributed by atoms with Gasteiger partial charge in [-0.1, -0.05) is 30.7 Å². The lowest BCUT2D eigenvalue weighted by molar-refractivity contribution is -0.385. The number of amides is 1. The number of anilines is 1. The van der Waals surface area contributed by atoms with Crippen molar-refractivity contribution in [1.29, 1.82) is 0 Å². The molecule has 0 aromatic heterocycles. The molecule has 3 rings (SSSR count). The summed E-state index contributed by atoms with van der Waals surface area (Å²) in [5.41, 5.74) is 3.16. The van der Waals surface area contributed by atoms with Gasteiger partial charge in [0.2, 0.25) is 0 Å². The van der Waals surface area contributed by atoms with Gasteiger partial charge < -0.3 is 5.32 Å². The second-order valence-electron chi connectivity index (χ2n) is 5.20. The number of aryl methyl sites for hydroxylation is 1. The monoisotopic (exact) mass is 328 g/mol. The number of hydrogen-bond acceptors (Lipinski definition) is 3. The number of benzene rings is 2. The van der Waals surface area contributed by atoms with Crippen molar-refractivity contribution in [2.75, 3.05) is 5.32 Å². The van der Waals surface area contributed by atoms with Gasteiger partial charge in [0.05, 0.1) is 4.92 Å². The first-order valence-corrected chi connectivity index (χ1v) is 7.47. The Morgan fingerprint density at radius 3 is 2.74 bits per heavy atom. The third-order valence-corrected chi connectivity index (χ3v) is 4.00. The maximum Gasteiger partial charge on any atom is 0.273 e. The molecular weight excluding hydrogens is 316 g/mol. The van der Waals surface area contributed by atoms with Crippen LogP contribution < -0.4 is 5.32 Å². The number of fused-ring (bicyclic) bond motifs is 1. The average Bonchev–Trinajstić information content (AvgIpc) is 2.83. The maximum atomic E-state index is 12.1. The highest BCUT2D eigenvalue weighted by Crippen LogP contribution is 2.35. The van der Waals surface area contributed by atoms with Crippen LogP contribution in [-0.2, 0) is 11.2 Å². The first-order chi connectivity index (χ1) is 11.0. The minimum atomic E-state index is -0.402. The SMILES string of the molecule is CCc1ccc(/C=C2/C(=O)Nc3ccc(Cl)cc32)cc1[N+](=O)[O-]. The van der Waals surface area contributed by atoms with Gasteiger partial charge in [0, 0.05) is 33.5 Å². The summed E-state index contributed by atoms with van der Waals surface area (Å²) >= 11 is 5.99. The standard InChI is InChI=1S/C17H13ClN2O3/c1-2-11-4-3-10(8-16(11)20(22)23)7-14-13-9-12(18)5-6-15(13)19-17(14)21/h3-9H,2H2,1H3,(H,19,21)/b14-7+. The van der Waals surface area contributed by atoms with Gasteiger partial charge in [0.25, 0.3) is 11.6 Å². The summed E-state index contributed by atoms with van der Waals surface area (Å²) in [7, 11) is 0. The van der Waals surface area contributed by atoms with Crippen molar-refractivity contribution in [3.63, 3.8) is 0 Å². The number of hydrogen-bond donors (Lipinski definition) is 1. The number of nitro groups is 1. The van der Waals surface area contributed by atoms with Crippen LogP contribution in [0.4, 0.5) is 11.4 Å². The fourth-order valence-electron chi connectivity index (χ4n) is 2.61. The molecule has 1 amide bonds. The molecule has 1 aliphatic rings. The van der Waals surface area contributed by atoms with E-state index in [2.05, 4.69) is 5.32 Å². The van der Waals surface area contributed by atoms with E-state index in [4.69, 9.17) is 11.6 Å². The van der Waals surface area contributed by atoms with Crippen molar-refractivity contribution in [1.82, 2.24) is 0 Å². The van der Waals surface area contributed by atoms with Crippen molar-refractivity contribution in [2.45, 2.75) is 13.3 Å². The highest BCUT2D eigenvalue weighted by Gasteiger charge is 2.24. The van der Waals surface area contributed by atoms with Crippen molar-refractivity contribution in [2.24, 2.45) is 0 Å². The first-order valence-electron chi connectivity index (χ1n) is 7.10. The molecule has 1 aliphatic heterocycles. The molecule has 0 bridgehead atoms. The van der Waals surface area contributed by atoms with E-state index in [9.17, 15) is 14.9 Å². The van der Waals surface area contributed by atoms with E-state index in [0.29, 0.717) is 39.4 Å². The highest BCUT2D eigenvalue weighted by molar-refractivity contribution is 6.36. The van der Waals surface area contributed by atoms with Crippen LogP contribution in [0.5, 0.6) is 0 Å². The third-order valence-electron chi connectivity index (χ3n) is 3.76. The van der Waals surface area contributed by atoms with Crippen LogP contribution in [0.2, 0.25) is 5.02 Å². The number of carbonyl (C=O) groups is 1. The summed E-state index contributed by atoms with van der Waals surface area (Å²) in [6.07, 6.45) is 2.22. The van der Waals surface area contributed by atoms with Gasteiger partial charge in [-0.15, -0.1) is 0 Å². The number of nitrogens with one attached hydrogen (secondary N) is 1. The average molecular weight is 329 g/mol. The Bertz CT molecular complexity index is 859. The Hall–Kier alpha value is -2.66. The quantitative estimate of drug-likeness (QED) is 0.518. The molecule has 0 atom stereocenters. The number of nitrogens with zero attached hydrogens (tertiary/aromatic N) is 1. The molecule has 2 aromatic rings.